The lowest BCUT2D eigenvalue weighted by molar-refractivity contribution is 0.318. The van der Waals surface area contributed by atoms with Crippen LogP contribution in [0, 0.1) is 6.92 Å². The summed E-state index contributed by atoms with van der Waals surface area (Å²) < 4.78 is 0. The molecule has 0 aliphatic rings. The van der Waals surface area contributed by atoms with Crippen LogP contribution in [-0.2, 0) is 0 Å². The predicted molar refractivity (Wildman–Crippen MR) is 76.0 cm³/mol. The summed E-state index contributed by atoms with van der Waals surface area (Å²) in [5, 5.41) is 11.8. The number of oxime groups is 1. The second kappa shape index (κ2) is 5.39. The van der Waals surface area contributed by atoms with E-state index < -0.39 is 0 Å². The molecule has 0 aliphatic heterocycles. The molecule has 2 rings (SSSR count). The van der Waals surface area contributed by atoms with Crippen LogP contribution in [0.5, 0.6) is 0 Å². The number of benzene rings is 1. The summed E-state index contributed by atoms with van der Waals surface area (Å²) in [7, 11) is 1.92. The van der Waals surface area contributed by atoms with E-state index in [0.29, 0.717) is 5.69 Å². The first kappa shape index (κ1) is 12.9. The standard InChI is InChI=1S/C14H16N4O/c1-10-5-3-6-11(9-10)18(2)12-7-4-8-16-13(12)14(15)17-19/h3-9,19H,1-2H3,(H2,15,17). The fourth-order valence-corrected chi connectivity index (χ4v) is 1.89. The van der Waals surface area contributed by atoms with Crippen molar-refractivity contribution in [3.05, 3.63) is 53.9 Å². The van der Waals surface area contributed by atoms with E-state index in [1.54, 1.807) is 6.20 Å². The van der Waals surface area contributed by atoms with Gasteiger partial charge < -0.3 is 15.8 Å². The van der Waals surface area contributed by atoms with Crippen LogP contribution in [0.25, 0.3) is 0 Å². The molecule has 0 spiro atoms. The third-order valence-corrected chi connectivity index (χ3v) is 2.89. The van der Waals surface area contributed by atoms with Gasteiger partial charge in [0.05, 0.1) is 5.69 Å². The summed E-state index contributed by atoms with van der Waals surface area (Å²) in [4.78, 5) is 6.11. The van der Waals surface area contributed by atoms with Crippen molar-refractivity contribution in [3.8, 4) is 0 Å². The van der Waals surface area contributed by atoms with Crippen LogP contribution in [0.2, 0.25) is 0 Å². The Kier molecular flexibility index (Phi) is 3.66. The predicted octanol–water partition coefficient (Wildman–Crippen LogP) is 2.25. The smallest absolute Gasteiger partial charge is 0.190 e. The average molecular weight is 256 g/mol. The SMILES string of the molecule is Cc1cccc(N(C)c2cccnc2/C(N)=N/O)c1. The van der Waals surface area contributed by atoms with Gasteiger partial charge in [0.25, 0.3) is 0 Å². The molecule has 0 unspecified atom stereocenters. The van der Waals surface area contributed by atoms with E-state index in [-0.39, 0.29) is 5.84 Å². The third-order valence-electron chi connectivity index (χ3n) is 2.89. The van der Waals surface area contributed by atoms with Gasteiger partial charge in [0, 0.05) is 18.9 Å². The summed E-state index contributed by atoms with van der Waals surface area (Å²) >= 11 is 0. The molecule has 0 saturated carbocycles. The Hall–Kier alpha value is -2.56. The number of aromatic nitrogens is 1. The third kappa shape index (κ3) is 2.65. The minimum Gasteiger partial charge on any atom is -0.409 e. The highest BCUT2D eigenvalue weighted by molar-refractivity contribution is 6.00. The molecule has 5 heteroatoms. The number of rotatable bonds is 3. The first-order valence-electron chi connectivity index (χ1n) is 5.87. The normalized spacial score (nSPS) is 11.4. The Morgan fingerprint density at radius 2 is 2.11 bits per heavy atom. The quantitative estimate of drug-likeness (QED) is 0.382. The lowest BCUT2D eigenvalue weighted by atomic mass is 10.2. The molecule has 0 bridgehead atoms. The molecule has 5 nitrogen and oxygen atoms in total. The molecule has 19 heavy (non-hydrogen) atoms. The monoisotopic (exact) mass is 256 g/mol. The Morgan fingerprint density at radius 3 is 2.79 bits per heavy atom. The van der Waals surface area contributed by atoms with Crippen molar-refractivity contribution in [2.75, 3.05) is 11.9 Å². The minimum absolute atomic E-state index is 0.00453. The molecule has 2 aromatic rings. The maximum Gasteiger partial charge on any atom is 0.190 e. The second-order valence-electron chi connectivity index (χ2n) is 4.25. The topological polar surface area (TPSA) is 74.7 Å². The Bertz CT molecular complexity index is 610. The van der Waals surface area contributed by atoms with Crippen molar-refractivity contribution >= 4 is 17.2 Å². The highest BCUT2D eigenvalue weighted by atomic mass is 16.4. The van der Waals surface area contributed by atoms with Crippen LogP contribution in [0.1, 0.15) is 11.3 Å². The van der Waals surface area contributed by atoms with Crippen LogP contribution in [0.4, 0.5) is 11.4 Å². The zero-order valence-corrected chi connectivity index (χ0v) is 10.9. The number of aryl methyl sites for hydroxylation is 1. The highest BCUT2D eigenvalue weighted by Crippen LogP contribution is 2.26. The second-order valence-corrected chi connectivity index (χ2v) is 4.25. The van der Waals surface area contributed by atoms with Gasteiger partial charge in [0.2, 0.25) is 0 Å². The van der Waals surface area contributed by atoms with E-state index in [1.807, 2.05) is 49.2 Å². The Morgan fingerprint density at radius 1 is 1.32 bits per heavy atom. The molecule has 98 valence electrons. The van der Waals surface area contributed by atoms with Crippen molar-refractivity contribution < 1.29 is 5.21 Å². The van der Waals surface area contributed by atoms with Crippen LogP contribution in [0.15, 0.2) is 47.8 Å². The van der Waals surface area contributed by atoms with Gasteiger partial charge in [-0.15, -0.1) is 0 Å². The van der Waals surface area contributed by atoms with Crippen LogP contribution in [0.3, 0.4) is 0 Å². The summed E-state index contributed by atoms with van der Waals surface area (Å²) in [5.74, 6) is -0.00453. The summed E-state index contributed by atoms with van der Waals surface area (Å²) in [6.07, 6.45) is 1.61. The van der Waals surface area contributed by atoms with E-state index in [2.05, 4.69) is 16.2 Å². The van der Waals surface area contributed by atoms with Gasteiger partial charge in [0.15, 0.2) is 5.84 Å². The maximum atomic E-state index is 8.81. The van der Waals surface area contributed by atoms with Gasteiger partial charge in [-0.1, -0.05) is 17.3 Å². The summed E-state index contributed by atoms with van der Waals surface area (Å²) in [5.41, 5.74) is 9.06. The van der Waals surface area contributed by atoms with Crippen molar-refractivity contribution in [3.63, 3.8) is 0 Å². The molecular weight excluding hydrogens is 240 g/mol. The van der Waals surface area contributed by atoms with Crippen molar-refractivity contribution in [1.82, 2.24) is 4.98 Å². The van der Waals surface area contributed by atoms with Crippen LogP contribution >= 0.6 is 0 Å². The van der Waals surface area contributed by atoms with Gasteiger partial charge in [-0.25, -0.2) is 0 Å². The van der Waals surface area contributed by atoms with Gasteiger partial charge in [-0.05, 0) is 36.8 Å². The molecule has 0 amide bonds. The molecular formula is C14H16N4O. The lowest BCUT2D eigenvalue weighted by Gasteiger charge is -2.21. The molecule has 0 saturated heterocycles. The number of hydrogen-bond donors (Lipinski definition) is 2. The van der Waals surface area contributed by atoms with E-state index >= 15 is 0 Å². The van der Waals surface area contributed by atoms with Gasteiger partial charge in [-0.2, -0.15) is 0 Å². The minimum atomic E-state index is -0.00453. The number of nitrogens with two attached hydrogens (primary N) is 1. The van der Waals surface area contributed by atoms with Gasteiger partial charge in [-0.3, -0.25) is 4.98 Å². The van der Waals surface area contributed by atoms with E-state index in [9.17, 15) is 0 Å². The van der Waals surface area contributed by atoms with Crippen molar-refractivity contribution in [1.29, 1.82) is 0 Å². The maximum absolute atomic E-state index is 8.81. The first-order valence-corrected chi connectivity index (χ1v) is 5.87. The zero-order valence-electron chi connectivity index (χ0n) is 10.9. The average Bonchev–Trinajstić information content (AvgIpc) is 2.45. The molecule has 1 heterocycles. The zero-order chi connectivity index (χ0) is 13.8. The number of nitrogens with zero attached hydrogens (tertiary/aromatic N) is 3. The van der Waals surface area contributed by atoms with Crippen molar-refractivity contribution in [2.45, 2.75) is 6.92 Å². The van der Waals surface area contributed by atoms with Gasteiger partial charge in [0.1, 0.15) is 5.69 Å². The van der Waals surface area contributed by atoms with E-state index in [1.165, 1.54) is 5.56 Å². The highest BCUT2D eigenvalue weighted by Gasteiger charge is 2.13. The summed E-state index contributed by atoms with van der Waals surface area (Å²) in [6.45, 7) is 2.03. The fraction of sp³-hybridized carbons (Fsp3) is 0.143. The number of pyridine rings is 1. The Balaban J connectivity index is 2.47. The molecule has 0 atom stereocenters. The molecule has 3 N–H and O–H groups in total. The number of amidine groups is 1. The van der Waals surface area contributed by atoms with Crippen LogP contribution < -0.4 is 10.6 Å². The molecule has 0 radical (unpaired) electrons. The molecule has 0 aliphatic carbocycles. The van der Waals surface area contributed by atoms with Crippen LogP contribution in [-0.4, -0.2) is 23.1 Å². The fourth-order valence-electron chi connectivity index (χ4n) is 1.89. The van der Waals surface area contributed by atoms with Crippen molar-refractivity contribution in [2.24, 2.45) is 10.9 Å². The lowest BCUT2D eigenvalue weighted by Crippen LogP contribution is -2.21. The largest absolute Gasteiger partial charge is 0.409 e. The summed E-state index contributed by atoms with van der Waals surface area (Å²) in [6, 6.07) is 11.8. The number of hydrogen-bond acceptors (Lipinski definition) is 4. The molecule has 1 aromatic heterocycles. The molecule has 0 fully saturated rings. The number of anilines is 2. The van der Waals surface area contributed by atoms with E-state index in [4.69, 9.17) is 10.9 Å². The van der Waals surface area contributed by atoms with Gasteiger partial charge >= 0.3 is 0 Å². The first-order chi connectivity index (χ1) is 9.13. The Labute approximate surface area is 112 Å². The van der Waals surface area contributed by atoms with E-state index in [0.717, 1.165) is 11.4 Å². The molecule has 1 aromatic carbocycles.